The monoisotopic (exact) mass is 626 g/mol. The van der Waals surface area contributed by atoms with Gasteiger partial charge in [0.1, 0.15) is 0 Å². The maximum Gasteiger partial charge on any atom is 0.492 e. The van der Waals surface area contributed by atoms with E-state index in [1.54, 1.807) is 18.2 Å². The SMILES string of the molecule is CC1(C)OB(O)c2ccc(NC(=O)CNC(=O)C(N)CCC(=O)NC(CN)CN)cc21.CSc1ccc(C(F)(F)F)cc1. The van der Waals surface area contributed by atoms with E-state index in [9.17, 15) is 32.6 Å². The molecule has 3 amide bonds. The van der Waals surface area contributed by atoms with Gasteiger partial charge in [-0.1, -0.05) is 6.07 Å². The molecule has 1 atom stereocenters. The van der Waals surface area contributed by atoms with Crippen molar-refractivity contribution in [3.63, 3.8) is 0 Å². The number of hydrogen-bond donors (Lipinski definition) is 7. The standard InChI is InChI=1S/C19H31BN6O5.C8H7F3S/c1-19(2)13-7-11(3-4-14(13)20(30)31-19)25-17(28)10-24-18(29)15(23)5-6-16(27)26-12(8-21)9-22;1-12-7-4-2-6(3-5-7)8(9,10)11/h3-4,7,12,15,30H,5-6,8-10,21-23H2,1-2H3,(H,24,29)(H,25,28)(H,26,27);2-5H,1H3. The van der Waals surface area contributed by atoms with E-state index in [0.29, 0.717) is 11.2 Å². The molecule has 0 aromatic heterocycles. The number of alkyl halides is 3. The number of thioether (sulfide) groups is 1. The molecule has 0 radical (unpaired) electrons. The molecule has 1 heterocycles. The Morgan fingerprint density at radius 3 is 2.26 bits per heavy atom. The summed E-state index contributed by atoms with van der Waals surface area (Å²) < 4.78 is 41.5. The van der Waals surface area contributed by atoms with Gasteiger partial charge in [0.25, 0.3) is 0 Å². The number of anilines is 1. The van der Waals surface area contributed by atoms with E-state index in [0.717, 1.165) is 22.6 Å². The summed E-state index contributed by atoms with van der Waals surface area (Å²) >= 11 is 1.42. The van der Waals surface area contributed by atoms with Gasteiger partial charge < -0.3 is 42.8 Å². The summed E-state index contributed by atoms with van der Waals surface area (Å²) in [5.41, 5.74) is 17.4. The molecule has 43 heavy (non-hydrogen) atoms. The van der Waals surface area contributed by atoms with Crippen LogP contribution >= 0.6 is 11.8 Å². The van der Waals surface area contributed by atoms with Crippen molar-refractivity contribution in [1.82, 2.24) is 10.6 Å². The van der Waals surface area contributed by atoms with Crippen molar-refractivity contribution >= 4 is 47.8 Å². The number of nitrogens with one attached hydrogen (secondary N) is 3. The first-order valence-electron chi connectivity index (χ1n) is 13.4. The van der Waals surface area contributed by atoms with Crippen LogP contribution in [0.4, 0.5) is 18.9 Å². The van der Waals surface area contributed by atoms with Crippen molar-refractivity contribution in [3.05, 3.63) is 53.6 Å². The van der Waals surface area contributed by atoms with Crippen LogP contribution in [-0.2, 0) is 30.8 Å². The molecule has 16 heteroatoms. The first kappa shape index (κ1) is 36.0. The molecule has 1 aliphatic rings. The summed E-state index contributed by atoms with van der Waals surface area (Å²) in [6, 6.07) is 8.91. The van der Waals surface area contributed by atoms with Gasteiger partial charge in [0.15, 0.2) is 0 Å². The zero-order valence-electron chi connectivity index (χ0n) is 24.2. The lowest BCUT2D eigenvalue weighted by molar-refractivity contribution is -0.137. The average molecular weight is 627 g/mol. The number of carbonyl (C=O) groups is 3. The molecule has 3 rings (SSSR count). The van der Waals surface area contributed by atoms with E-state index in [-0.39, 0.29) is 44.4 Å². The van der Waals surface area contributed by atoms with Crippen molar-refractivity contribution in [3.8, 4) is 0 Å². The van der Waals surface area contributed by atoms with Crippen molar-refractivity contribution < 1.29 is 37.2 Å². The highest BCUT2D eigenvalue weighted by atomic mass is 32.2. The van der Waals surface area contributed by atoms with Crippen LogP contribution < -0.4 is 38.6 Å². The summed E-state index contributed by atoms with van der Waals surface area (Å²) in [5.74, 6) is -1.27. The topological polar surface area (TPSA) is 195 Å². The summed E-state index contributed by atoms with van der Waals surface area (Å²) in [6.45, 7) is 3.81. The fourth-order valence-corrected chi connectivity index (χ4v) is 4.40. The van der Waals surface area contributed by atoms with Gasteiger partial charge in [0, 0.05) is 30.1 Å². The highest BCUT2D eigenvalue weighted by Crippen LogP contribution is 2.31. The smallest absolute Gasteiger partial charge is 0.423 e. The Bertz CT molecular complexity index is 1250. The van der Waals surface area contributed by atoms with Crippen LogP contribution in [0.15, 0.2) is 47.4 Å². The normalized spacial score (nSPS) is 14.3. The Morgan fingerprint density at radius 2 is 1.70 bits per heavy atom. The molecular formula is C27H38BF3N6O5S. The molecule has 0 saturated heterocycles. The molecule has 2 aromatic carbocycles. The van der Waals surface area contributed by atoms with E-state index < -0.39 is 42.3 Å². The zero-order valence-corrected chi connectivity index (χ0v) is 25.0. The third-order valence-electron chi connectivity index (χ3n) is 6.45. The van der Waals surface area contributed by atoms with Crippen molar-refractivity contribution in [1.29, 1.82) is 0 Å². The van der Waals surface area contributed by atoms with Gasteiger partial charge in [-0.15, -0.1) is 11.8 Å². The quantitative estimate of drug-likeness (QED) is 0.138. The Balaban J connectivity index is 0.000000448. The summed E-state index contributed by atoms with van der Waals surface area (Å²) in [4.78, 5) is 36.9. The Hall–Kier alpha value is -3.15. The first-order valence-corrected chi connectivity index (χ1v) is 14.6. The van der Waals surface area contributed by atoms with Gasteiger partial charge in [0.2, 0.25) is 17.7 Å². The molecule has 0 aliphatic carbocycles. The van der Waals surface area contributed by atoms with Gasteiger partial charge in [-0.2, -0.15) is 13.2 Å². The number of amides is 3. The number of carbonyl (C=O) groups excluding carboxylic acids is 3. The van der Waals surface area contributed by atoms with Gasteiger partial charge in [0.05, 0.1) is 29.8 Å². The lowest BCUT2D eigenvalue weighted by Gasteiger charge is -2.20. The molecule has 11 nitrogen and oxygen atoms in total. The first-order chi connectivity index (χ1) is 20.1. The van der Waals surface area contributed by atoms with Gasteiger partial charge in [-0.05, 0) is 73.9 Å². The van der Waals surface area contributed by atoms with Gasteiger partial charge in [-0.25, -0.2) is 0 Å². The Labute approximate surface area is 253 Å². The second-order valence-electron chi connectivity index (χ2n) is 10.2. The zero-order chi connectivity index (χ0) is 32.4. The second kappa shape index (κ2) is 16.1. The molecule has 0 bridgehead atoms. The largest absolute Gasteiger partial charge is 0.492 e. The molecule has 236 valence electrons. The Morgan fingerprint density at radius 1 is 1.07 bits per heavy atom. The number of rotatable bonds is 11. The fourth-order valence-electron chi connectivity index (χ4n) is 3.99. The van der Waals surface area contributed by atoms with Crippen LogP contribution in [0, 0.1) is 0 Å². The molecule has 1 aliphatic heterocycles. The molecule has 0 fully saturated rings. The molecule has 10 N–H and O–H groups in total. The minimum Gasteiger partial charge on any atom is -0.423 e. The van der Waals surface area contributed by atoms with E-state index in [1.165, 1.54) is 23.9 Å². The van der Waals surface area contributed by atoms with Crippen LogP contribution in [0.2, 0.25) is 0 Å². The van der Waals surface area contributed by atoms with Gasteiger partial charge in [-0.3, -0.25) is 14.4 Å². The molecule has 0 spiro atoms. The van der Waals surface area contributed by atoms with Gasteiger partial charge >= 0.3 is 13.3 Å². The van der Waals surface area contributed by atoms with Crippen LogP contribution in [0.5, 0.6) is 0 Å². The Kier molecular flexibility index (Phi) is 13.5. The van der Waals surface area contributed by atoms with Crippen molar-refractivity contribution in [2.75, 3.05) is 31.2 Å². The highest BCUT2D eigenvalue weighted by Gasteiger charge is 2.40. The molecule has 1 unspecified atom stereocenters. The maximum atomic E-state index is 12.2. The molecular weight excluding hydrogens is 588 g/mol. The van der Waals surface area contributed by atoms with Crippen molar-refractivity contribution in [2.24, 2.45) is 17.2 Å². The van der Waals surface area contributed by atoms with Crippen molar-refractivity contribution in [2.45, 2.75) is 55.4 Å². The third-order valence-corrected chi connectivity index (χ3v) is 7.20. The van der Waals surface area contributed by atoms with E-state index in [4.69, 9.17) is 21.9 Å². The highest BCUT2D eigenvalue weighted by molar-refractivity contribution is 7.98. The second-order valence-corrected chi connectivity index (χ2v) is 11.0. The van der Waals surface area contributed by atoms with Crippen LogP contribution in [0.25, 0.3) is 0 Å². The minimum absolute atomic E-state index is 0.0378. The fraction of sp³-hybridized carbons (Fsp3) is 0.444. The van der Waals surface area contributed by atoms with E-state index in [2.05, 4.69) is 16.0 Å². The summed E-state index contributed by atoms with van der Waals surface area (Å²) in [6.07, 6.45) is -2.25. The van der Waals surface area contributed by atoms with E-state index >= 15 is 0 Å². The van der Waals surface area contributed by atoms with Crippen LogP contribution in [-0.4, -0.2) is 67.8 Å². The molecule has 2 aromatic rings. The number of halogens is 3. The predicted octanol–water partition coefficient (Wildman–Crippen LogP) is 0.631. The minimum atomic E-state index is -4.23. The predicted molar refractivity (Wildman–Crippen MR) is 160 cm³/mol. The summed E-state index contributed by atoms with van der Waals surface area (Å²) in [5, 5.41) is 17.7. The average Bonchev–Trinajstić information content (AvgIpc) is 3.20. The third kappa shape index (κ3) is 11.1. The molecule has 0 saturated carbocycles. The summed E-state index contributed by atoms with van der Waals surface area (Å²) in [7, 11) is -1.01. The van der Waals surface area contributed by atoms with Crippen LogP contribution in [0.1, 0.15) is 37.8 Å². The number of hydrogen-bond acceptors (Lipinski definition) is 9. The number of nitrogens with two attached hydrogens (primary N) is 3. The van der Waals surface area contributed by atoms with E-state index in [1.807, 2.05) is 20.1 Å². The number of benzene rings is 2. The van der Waals surface area contributed by atoms with Crippen LogP contribution in [0.3, 0.4) is 0 Å². The lowest BCUT2D eigenvalue weighted by Crippen LogP contribution is -2.46. The number of fused-ring (bicyclic) bond motifs is 1. The lowest BCUT2D eigenvalue weighted by atomic mass is 9.78. The maximum absolute atomic E-state index is 12.2.